The smallest absolute Gasteiger partial charge is 0.336 e. The fourth-order valence-corrected chi connectivity index (χ4v) is 7.47. The Bertz CT molecular complexity index is 1130. The van der Waals surface area contributed by atoms with Crippen LogP contribution in [0.1, 0.15) is 52.5 Å². The molecule has 0 amide bonds. The zero-order valence-electron chi connectivity index (χ0n) is 20.7. The summed E-state index contributed by atoms with van der Waals surface area (Å²) < 4.78 is 11.4. The number of benzene rings is 1. The molecule has 3 aliphatic carbocycles. The molecule has 0 radical (unpaired) electrons. The summed E-state index contributed by atoms with van der Waals surface area (Å²) in [4.78, 5) is 25.1. The first kappa shape index (κ1) is 24.0. The minimum Gasteiger partial charge on any atom is -0.453 e. The molecule has 0 saturated heterocycles. The number of aliphatic hydroxyl groups excluding tert-OH is 1. The van der Waals surface area contributed by atoms with E-state index < -0.39 is 40.6 Å². The van der Waals surface area contributed by atoms with Crippen molar-refractivity contribution in [2.45, 2.75) is 64.8 Å². The maximum atomic E-state index is 13.0. The maximum absolute atomic E-state index is 13.0. The van der Waals surface area contributed by atoms with E-state index in [-0.39, 0.29) is 17.8 Å². The minimum atomic E-state index is -1.49. The van der Waals surface area contributed by atoms with E-state index in [9.17, 15) is 19.8 Å². The molecular weight excluding hydrogens is 444 g/mol. The Hall–Kier alpha value is -2.70. The third kappa shape index (κ3) is 3.45. The summed E-state index contributed by atoms with van der Waals surface area (Å²) in [5.41, 5.74) is -1.20. The second-order valence-electron chi connectivity index (χ2n) is 11.5. The predicted molar refractivity (Wildman–Crippen MR) is 130 cm³/mol. The van der Waals surface area contributed by atoms with Crippen LogP contribution in [0.2, 0.25) is 0 Å². The van der Waals surface area contributed by atoms with Gasteiger partial charge in [-0.25, -0.2) is 9.59 Å². The van der Waals surface area contributed by atoms with Crippen LogP contribution in [0, 0.1) is 28.6 Å². The molecule has 1 aromatic rings. The van der Waals surface area contributed by atoms with Crippen molar-refractivity contribution in [1.82, 2.24) is 0 Å². The molecule has 5 rings (SSSR count). The summed E-state index contributed by atoms with van der Waals surface area (Å²) >= 11 is 0. The van der Waals surface area contributed by atoms with E-state index in [1.165, 1.54) is 12.2 Å². The Morgan fingerprint density at radius 3 is 2.60 bits per heavy atom. The van der Waals surface area contributed by atoms with E-state index in [0.29, 0.717) is 12.2 Å². The summed E-state index contributed by atoms with van der Waals surface area (Å²) in [6.07, 6.45) is 6.53. The monoisotopic (exact) mass is 478 g/mol. The number of hydrogen-bond donors (Lipinski definition) is 2. The van der Waals surface area contributed by atoms with Gasteiger partial charge in [-0.1, -0.05) is 64.4 Å². The Morgan fingerprint density at radius 2 is 1.89 bits per heavy atom. The van der Waals surface area contributed by atoms with Gasteiger partial charge in [-0.2, -0.15) is 0 Å². The van der Waals surface area contributed by atoms with Gasteiger partial charge < -0.3 is 19.7 Å². The standard InChI is InChI=1S/C29H34O6/c1-17-19-15-23(31)34-21(19)16-20-24(17)25(32)26(29(33)27(2,3)13-8-14-28(20,29)4)35-22(30)12-11-18-9-6-5-7-10-18/h5-7,9-12,15-17,20,24-26,32-33H,8,13-14H2,1-4H3/b12-11+/t17-,20+,24-,25+,26+,28+,29+/m0/s1. The maximum Gasteiger partial charge on any atom is 0.336 e. The largest absolute Gasteiger partial charge is 0.453 e. The molecule has 2 N–H and O–H groups in total. The van der Waals surface area contributed by atoms with E-state index in [1.54, 1.807) is 6.08 Å². The molecule has 1 aliphatic heterocycles. The van der Waals surface area contributed by atoms with Crippen LogP contribution < -0.4 is 0 Å². The zero-order valence-corrected chi connectivity index (χ0v) is 20.7. The van der Waals surface area contributed by atoms with Crippen molar-refractivity contribution in [3.05, 3.63) is 65.5 Å². The number of esters is 2. The van der Waals surface area contributed by atoms with Gasteiger partial charge in [-0.3, -0.25) is 0 Å². The number of carbonyl (C=O) groups is 2. The Kier molecular flexibility index (Phi) is 5.61. The Balaban J connectivity index is 1.57. The Morgan fingerprint density at radius 1 is 1.17 bits per heavy atom. The average Bonchev–Trinajstić information content (AvgIpc) is 3.19. The highest BCUT2D eigenvalue weighted by Crippen LogP contribution is 2.67. The molecule has 0 aromatic heterocycles. The molecule has 1 aromatic carbocycles. The van der Waals surface area contributed by atoms with Gasteiger partial charge in [-0.05, 0) is 47.8 Å². The van der Waals surface area contributed by atoms with E-state index in [4.69, 9.17) is 9.47 Å². The van der Waals surface area contributed by atoms with Gasteiger partial charge in [0.2, 0.25) is 0 Å². The van der Waals surface area contributed by atoms with Crippen LogP contribution in [0.25, 0.3) is 6.08 Å². The van der Waals surface area contributed by atoms with Gasteiger partial charge in [0.05, 0.1) is 6.10 Å². The molecular formula is C29H34O6. The van der Waals surface area contributed by atoms with Crippen LogP contribution in [0.15, 0.2) is 59.9 Å². The summed E-state index contributed by atoms with van der Waals surface area (Å²) in [5, 5.41) is 24.3. The summed E-state index contributed by atoms with van der Waals surface area (Å²) in [6, 6.07) is 9.42. The van der Waals surface area contributed by atoms with Gasteiger partial charge in [0.15, 0.2) is 6.10 Å². The van der Waals surface area contributed by atoms with Crippen LogP contribution in [0.5, 0.6) is 0 Å². The molecule has 0 bridgehead atoms. The molecule has 186 valence electrons. The van der Waals surface area contributed by atoms with E-state index in [2.05, 4.69) is 0 Å². The van der Waals surface area contributed by atoms with Crippen molar-refractivity contribution < 1.29 is 29.3 Å². The fourth-order valence-electron chi connectivity index (χ4n) is 7.47. The molecule has 6 heteroatoms. The fraction of sp³-hybridized carbons (Fsp3) is 0.517. The van der Waals surface area contributed by atoms with Crippen molar-refractivity contribution in [2.24, 2.45) is 28.6 Å². The summed E-state index contributed by atoms with van der Waals surface area (Å²) in [5.74, 6) is -1.27. The number of ether oxygens (including phenoxy) is 2. The average molecular weight is 479 g/mol. The molecule has 35 heavy (non-hydrogen) atoms. The molecule has 4 aliphatic rings. The number of rotatable bonds is 3. The quantitative estimate of drug-likeness (QED) is 0.500. The lowest BCUT2D eigenvalue weighted by atomic mass is 9.40. The number of hydrogen-bond acceptors (Lipinski definition) is 6. The minimum absolute atomic E-state index is 0.200. The first-order chi connectivity index (χ1) is 16.5. The van der Waals surface area contributed by atoms with Gasteiger partial charge in [0.25, 0.3) is 0 Å². The number of carbonyl (C=O) groups excluding carboxylic acids is 2. The lowest BCUT2D eigenvalue weighted by Crippen LogP contribution is -2.76. The number of aliphatic hydroxyl groups is 2. The van der Waals surface area contributed by atoms with Crippen LogP contribution in [-0.4, -0.2) is 40.0 Å². The molecule has 2 fully saturated rings. The normalized spacial score (nSPS) is 39.6. The van der Waals surface area contributed by atoms with Crippen LogP contribution >= 0.6 is 0 Å². The summed E-state index contributed by atoms with van der Waals surface area (Å²) in [6.45, 7) is 7.97. The predicted octanol–water partition coefficient (Wildman–Crippen LogP) is 4.18. The first-order valence-electron chi connectivity index (χ1n) is 12.5. The second kappa shape index (κ2) is 8.17. The van der Waals surface area contributed by atoms with Crippen LogP contribution in [-0.2, 0) is 19.1 Å². The van der Waals surface area contributed by atoms with E-state index >= 15 is 0 Å². The molecule has 2 saturated carbocycles. The number of allylic oxidation sites excluding steroid dienone is 2. The number of fused-ring (bicyclic) bond motifs is 4. The highest BCUT2D eigenvalue weighted by Gasteiger charge is 2.72. The third-order valence-corrected chi connectivity index (χ3v) is 9.29. The van der Waals surface area contributed by atoms with E-state index in [0.717, 1.165) is 24.0 Å². The SMILES string of the molecule is C[C@H]1C2=CC(=O)OC2=C[C@@H]2[C@H]1[C@@H](O)[C@@H](OC(=O)/C=C/c1ccccc1)[C@@]1(O)C(C)(C)CCC[C@]21C. The van der Waals surface area contributed by atoms with Gasteiger partial charge in [0.1, 0.15) is 11.4 Å². The third-order valence-electron chi connectivity index (χ3n) is 9.29. The molecule has 0 unspecified atom stereocenters. The van der Waals surface area contributed by atoms with E-state index in [1.807, 2.05) is 64.1 Å². The molecule has 0 spiro atoms. The molecule has 1 heterocycles. The van der Waals surface area contributed by atoms with Crippen molar-refractivity contribution in [2.75, 3.05) is 0 Å². The van der Waals surface area contributed by atoms with Gasteiger partial charge >= 0.3 is 11.9 Å². The topological polar surface area (TPSA) is 93.1 Å². The van der Waals surface area contributed by atoms with Crippen molar-refractivity contribution in [1.29, 1.82) is 0 Å². The highest BCUT2D eigenvalue weighted by atomic mass is 16.6. The molecule has 6 nitrogen and oxygen atoms in total. The highest BCUT2D eigenvalue weighted by molar-refractivity contribution is 5.89. The summed E-state index contributed by atoms with van der Waals surface area (Å²) in [7, 11) is 0. The van der Waals surface area contributed by atoms with Crippen LogP contribution in [0.3, 0.4) is 0 Å². The first-order valence-corrected chi connectivity index (χ1v) is 12.5. The lowest BCUT2D eigenvalue weighted by molar-refractivity contribution is -0.310. The van der Waals surface area contributed by atoms with Crippen molar-refractivity contribution in [3.8, 4) is 0 Å². The van der Waals surface area contributed by atoms with Crippen LogP contribution in [0.4, 0.5) is 0 Å². The molecule has 7 atom stereocenters. The van der Waals surface area contributed by atoms with Crippen molar-refractivity contribution >= 4 is 18.0 Å². The van der Waals surface area contributed by atoms with Gasteiger partial charge in [0, 0.05) is 29.1 Å². The van der Waals surface area contributed by atoms with Gasteiger partial charge in [-0.15, -0.1) is 0 Å². The van der Waals surface area contributed by atoms with Crippen molar-refractivity contribution in [3.63, 3.8) is 0 Å². The Labute approximate surface area is 206 Å². The zero-order chi connectivity index (χ0) is 25.2. The lowest BCUT2D eigenvalue weighted by Gasteiger charge is -2.68. The second-order valence-corrected chi connectivity index (χ2v) is 11.5.